The van der Waals surface area contributed by atoms with Crippen LogP contribution in [0.2, 0.25) is 0 Å². The van der Waals surface area contributed by atoms with E-state index >= 15 is 0 Å². The molecule has 0 radical (unpaired) electrons. The summed E-state index contributed by atoms with van der Waals surface area (Å²) in [6.45, 7) is 11.0. The maximum Gasteiger partial charge on any atom is 0.0434 e. The summed E-state index contributed by atoms with van der Waals surface area (Å²) in [7, 11) is 1.18. The highest BCUT2D eigenvalue weighted by atomic mass is 32.2. The lowest BCUT2D eigenvalue weighted by Crippen LogP contribution is -2.25. The van der Waals surface area contributed by atoms with E-state index in [1.807, 2.05) is 7.05 Å². The normalized spacial score (nSPS) is 16.5. The number of nitrogens with one attached hydrogen (secondary N) is 1. The van der Waals surface area contributed by atoms with Crippen LogP contribution in [-0.4, -0.2) is 22.8 Å². The van der Waals surface area contributed by atoms with E-state index in [0.29, 0.717) is 11.7 Å². The van der Waals surface area contributed by atoms with Crippen molar-refractivity contribution in [3.8, 4) is 0 Å². The van der Waals surface area contributed by atoms with E-state index in [1.54, 1.807) is 0 Å². The first-order valence-corrected chi connectivity index (χ1v) is 9.39. The van der Waals surface area contributed by atoms with Gasteiger partial charge in [0, 0.05) is 28.3 Å². The Hall–Kier alpha value is -0.670. The van der Waals surface area contributed by atoms with Crippen LogP contribution in [0.1, 0.15) is 58.2 Å². The first-order chi connectivity index (χ1) is 9.77. The van der Waals surface area contributed by atoms with Gasteiger partial charge >= 0.3 is 0 Å². The molecule has 120 valence electrons. The lowest BCUT2D eigenvalue weighted by Gasteiger charge is -2.21. The summed E-state index contributed by atoms with van der Waals surface area (Å²) in [6, 6.07) is 8.89. The maximum atomic E-state index is 12.3. The Morgan fingerprint density at radius 2 is 1.71 bits per heavy atom. The summed E-state index contributed by atoms with van der Waals surface area (Å²) in [5.41, 5.74) is 2.73. The molecule has 0 fully saturated rings. The van der Waals surface area contributed by atoms with Crippen molar-refractivity contribution in [1.29, 1.82) is 0 Å². The van der Waals surface area contributed by atoms with Crippen LogP contribution in [0.25, 0.3) is 0 Å². The van der Waals surface area contributed by atoms with Crippen LogP contribution in [0, 0.1) is 5.92 Å². The summed E-state index contributed by atoms with van der Waals surface area (Å²) >= 11 is 0. The topological polar surface area (TPSA) is 29.1 Å². The Morgan fingerprint density at radius 3 is 2.14 bits per heavy atom. The van der Waals surface area contributed by atoms with E-state index in [0.717, 1.165) is 12.2 Å². The zero-order chi connectivity index (χ0) is 16.0. The molecule has 0 aromatic heterocycles. The summed E-state index contributed by atoms with van der Waals surface area (Å²) in [4.78, 5) is 0. The van der Waals surface area contributed by atoms with E-state index in [2.05, 4.69) is 64.2 Å². The number of rotatable bonds is 7. The van der Waals surface area contributed by atoms with Gasteiger partial charge in [0.25, 0.3) is 0 Å². The minimum Gasteiger partial charge on any atom is -0.312 e. The van der Waals surface area contributed by atoms with Gasteiger partial charge in [-0.05, 0) is 29.5 Å². The van der Waals surface area contributed by atoms with Crippen LogP contribution in [-0.2, 0) is 16.2 Å². The third-order valence-electron chi connectivity index (χ3n) is 4.05. The molecule has 0 amide bonds. The molecular formula is C18H31NOS. The second-order valence-corrected chi connectivity index (χ2v) is 8.55. The van der Waals surface area contributed by atoms with Crippen LogP contribution in [0.5, 0.6) is 0 Å². The molecule has 21 heavy (non-hydrogen) atoms. The van der Waals surface area contributed by atoms with Crippen molar-refractivity contribution in [2.45, 2.75) is 52.5 Å². The van der Waals surface area contributed by atoms with E-state index in [9.17, 15) is 4.21 Å². The highest BCUT2D eigenvalue weighted by molar-refractivity contribution is 7.85. The molecule has 1 aromatic carbocycles. The molecule has 0 bridgehead atoms. The van der Waals surface area contributed by atoms with Gasteiger partial charge in [-0.1, -0.05) is 65.3 Å². The second kappa shape index (κ2) is 8.09. The Balaban J connectivity index is 2.74. The van der Waals surface area contributed by atoms with Crippen LogP contribution in [0.4, 0.5) is 0 Å². The molecule has 0 saturated heterocycles. The molecule has 3 atom stereocenters. The Bertz CT molecular complexity index is 447. The Kier molecular flexibility index (Phi) is 7.08. The fraction of sp³-hybridized carbons (Fsp3) is 0.667. The molecule has 1 N–H and O–H groups in total. The predicted octanol–water partition coefficient (Wildman–Crippen LogP) is 4.04. The maximum absolute atomic E-state index is 12.3. The van der Waals surface area contributed by atoms with Crippen LogP contribution < -0.4 is 5.32 Å². The Labute approximate surface area is 133 Å². The molecule has 1 rings (SSSR count). The van der Waals surface area contributed by atoms with E-state index in [4.69, 9.17) is 0 Å². The van der Waals surface area contributed by atoms with Gasteiger partial charge in [0.2, 0.25) is 0 Å². The monoisotopic (exact) mass is 309 g/mol. The summed E-state index contributed by atoms with van der Waals surface area (Å²) in [5, 5.41) is 3.31. The highest BCUT2D eigenvalue weighted by Crippen LogP contribution is 2.24. The van der Waals surface area contributed by atoms with Gasteiger partial charge in [0.15, 0.2) is 0 Å². The van der Waals surface area contributed by atoms with E-state index < -0.39 is 10.8 Å². The molecule has 3 heteroatoms. The highest BCUT2D eigenvalue weighted by Gasteiger charge is 2.17. The second-order valence-electron chi connectivity index (χ2n) is 7.00. The SMILES string of the molecule is CCC(C)CS(=O)CC(NC)c1ccc(C(C)(C)C)cc1. The largest absolute Gasteiger partial charge is 0.312 e. The van der Waals surface area contributed by atoms with Crippen LogP contribution in [0.15, 0.2) is 24.3 Å². The fourth-order valence-corrected chi connectivity index (χ4v) is 3.99. The average molecular weight is 310 g/mol. The Morgan fingerprint density at radius 1 is 1.14 bits per heavy atom. The van der Waals surface area contributed by atoms with Crippen molar-refractivity contribution in [3.05, 3.63) is 35.4 Å². The standard InChI is InChI=1S/C18H31NOS/c1-7-14(2)12-21(20)13-17(19-6)15-8-10-16(11-9-15)18(3,4)5/h8-11,14,17,19H,7,12-13H2,1-6H3. The fourth-order valence-electron chi connectivity index (χ4n) is 2.25. The summed E-state index contributed by atoms with van der Waals surface area (Å²) in [6.07, 6.45) is 1.09. The molecule has 0 aliphatic heterocycles. The minimum absolute atomic E-state index is 0.170. The molecule has 0 aliphatic carbocycles. The van der Waals surface area contributed by atoms with Crippen molar-refractivity contribution >= 4 is 10.8 Å². The van der Waals surface area contributed by atoms with E-state index in [-0.39, 0.29) is 11.5 Å². The third-order valence-corrected chi connectivity index (χ3v) is 5.69. The van der Waals surface area contributed by atoms with Gasteiger partial charge in [0.05, 0.1) is 0 Å². The smallest absolute Gasteiger partial charge is 0.0434 e. The lowest BCUT2D eigenvalue weighted by atomic mass is 9.86. The molecular weight excluding hydrogens is 278 g/mol. The summed E-state index contributed by atoms with van der Waals surface area (Å²) < 4.78 is 12.3. The molecule has 1 aromatic rings. The number of hydrogen-bond donors (Lipinski definition) is 1. The van der Waals surface area contributed by atoms with Gasteiger partial charge in [-0.2, -0.15) is 0 Å². The molecule has 2 nitrogen and oxygen atoms in total. The molecule has 0 spiro atoms. The van der Waals surface area contributed by atoms with Gasteiger partial charge in [-0.3, -0.25) is 4.21 Å². The van der Waals surface area contributed by atoms with Crippen molar-refractivity contribution in [1.82, 2.24) is 5.32 Å². The van der Waals surface area contributed by atoms with Gasteiger partial charge in [0.1, 0.15) is 0 Å². The molecule has 0 aliphatic rings. The quantitative estimate of drug-likeness (QED) is 0.823. The summed E-state index contributed by atoms with van der Waals surface area (Å²) in [5.74, 6) is 2.02. The predicted molar refractivity (Wildman–Crippen MR) is 94.3 cm³/mol. The lowest BCUT2D eigenvalue weighted by molar-refractivity contribution is 0.587. The van der Waals surface area contributed by atoms with Crippen LogP contribution >= 0.6 is 0 Å². The molecule has 0 heterocycles. The van der Waals surface area contributed by atoms with Gasteiger partial charge < -0.3 is 5.32 Å². The molecule has 0 saturated carbocycles. The first kappa shape index (κ1) is 18.4. The number of benzene rings is 1. The van der Waals surface area contributed by atoms with Crippen molar-refractivity contribution in [2.75, 3.05) is 18.6 Å². The zero-order valence-corrected chi connectivity index (χ0v) is 15.2. The van der Waals surface area contributed by atoms with E-state index in [1.165, 1.54) is 11.1 Å². The minimum atomic E-state index is -0.765. The third kappa shape index (κ3) is 5.91. The molecule has 3 unspecified atom stereocenters. The van der Waals surface area contributed by atoms with Crippen molar-refractivity contribution in [2.24, 2.45) is 5.92 Å². The van der Waals surface area contributed by atoms with Gasteiger partial charge in [-0.15, -0.1) is 0 Å². The number of hydrogen-bond acceptors (Lipinski definition) is 2. The van der Waals surface area contributed by atoms with Crippen LogP contribution in [0.3, 0.4) is 0 Å². The average Bonchev–Trinajstić information content (AvgIpc) is 2.43. The first-order valence-electron chi connectivity index (χ1n) is 7.90. The van der Waals surface area contributed by atoms with Crippen molar-refractivity contribution in [3.63, 3.8) is 0 Å². The van der Waals surface area contributed by atoms with Gasteiger partial charge in [-0.25, -0.2) is 0 Å². The van der Waals surface area contributed by atoms with Crippen molar-refractivity contribution < 1.29 is 4.21 Å². The zero-order valence-electron chi connectivity index (χ0n) is 14.4.